The first-order chi connectivity index (χ1) is 12.9. The van der Waals surface area contributed by atoms with E-state index in [2.05, 4.69) is 107 Å². The molecule has 14 heteroatoms. The van der Waals surface area contributed by atoms with E-state index < -0.39 is 33.5 Å². The van der Waals surface area contributed by atoms with E-state index in [9.17, 15) is 13.2 Å². The molecule has 2 heterocycles. The lowest BCUT2D eigenvalue weighted by molar-refractivity contribution is -0.143. The Balaban J connectivity index is 2.48. The van der Waals surface area contributed by atoms with Crippen molar-refractivity contribution in [2.75, 3.05) is 3.53 Å². The van der Waals surface area contributed by atoms with Crippen LogP contribution in [-0.2, 0) is 0 Å². The van der Waals surface area contributed by atoms with Crippen LogP contribution in [0, 0.1) is 21.2 Å². The minimum atomic E-state index is -4.47. The number of anilines is 1. The van der Waals surface area contributed by atoms with E-state index in [4.69, 9.17) is 11.6 Å². The van der Waals surface area contributed by atoms with Gasteiger partial charge in [-0.1, -0.05) is 11.6 Å². The Hall–Kier alpha value is 1.43. The third-order valence-corrected chi connectivity index (χ3v) is 13.1. The first-order valence-corrected chi connectivity index (χ1v) is 14.0. The summed E-state index contributed by atoms with van der Waals surface area (Å²) in [6.07, 6.45) is -4.47. The summed E-state index contributed by atoms with van der Waals surface area (Å²) >= 11 is 14.6. The zero-order chi connectivity index (χ0) is 21.0. The Morgan fingerprint density at radius 3 is 2.32 bits per heavy atom. The fourth-order valence-corrected chi connectivity index (χ4v) is 7.64. The number of hydrogen-bond donors (Lipinski definition) is 1. The highest BCUT2D eigenvalue weighted by Gasteiger charge is 2.36. The van der Waals surface area contributed by atoms with Crippen LogP contribution < -0.4 is 9.02 Å². The van der Waals surface area contributed by atoms with E-state index in [1.807, 2.05) is 6.92 Å². The molecule has 152 valence electrons. The summed E-state index contributed by atoms with van der Waals surface area (Å²) in [6.45, 7) is 2.94. The van der Waals surface area contributed by atoms with Crippen LogP contribution in [0.15, 0.2) is 8.25 Å². The summed E-state index contributed by atoms with van der Waals surface area (Å²) in [5.41, 5.74) is 2.08. The molecular formula is C14H8ClF3I5N5. The van der Waals surface area contributed by atoms with Gasteiger partial charge in [0.15, 0.2) is 5.49 Å². The van der Waals surface area contributed by atoms with Crippen LogP contribution >= 0.6 is 123 Å². The van der Waals surface area contributed by atoms with Gasteiger partial charge in [-0.05, 0) is 110 Å². The van der Waals surface area contributed by atoms with Crippen molar-refractivity contribution in [2.45, 2.75) is 26.1 Å². The molecule has 0 saturated heterocycles. The lowest BCUT2D eigenvalue weighted by Gasteiger charge is -2.18. The Labute approximate surface area is 228 Å². The van der Waals surface area contributed by atoms with Crippen LogP contribution in [0.3, 0.4) is 0 Å². The third-order valence-electron chi connectivity index (χ3n) is 3.82. The maximum atomic E-state index is 13.3. The highest BCUT2D eigenvalue weighted by atomic mass is 127. The minimum Gasteiger partial charge on any atom is -0.286 e. The van der Waals surface area contributed by atoms with Gasteiger partial charge in [0.25, 0.3) is 0 Å². The minimum absolute atomic E-state index is 0.0679. The summed E-state index contributed by atoms with van der Waals surface area (Å²) in [6, 6.07) is -1.91. The zero-order valence-corrected chi connectivity index (χ0v) is 25.3. The molecule has 0 saturated carbocycles. The van der Waals surface area contributed by atoms with Gasteiger partial charge in [0, 0.05) is 19.8 Å². The number of nitrogens with zero attached hydrogens (tertiary/aromatic N) is 4. The van der Waals surface area contributed by atoms with Crippen molar-refractivity contribution in [3.63, 3.8) is 0 Å². The van der Waals surface area contributed by atoms with Crippen LogP contribution in [0.25, 0.3) is 11.1 Å². The highest BCUT2D eigenvalue weighted by Crippen LogP contribution is 2.39. The highest BCUT2D eigenvalue weighted by molar-refractivity contribution is 14.2. The van der Waals surface area contributed by atoms with Gasteiger partial charge >= 0.3 is 6.18 Å². The average molecular weight is 973 g/mol. The van der Waals surface area contributed by atoms with Crippen LogP contribution in [0.2, 0.25) is 5.15 Å². The number of hydrogen-bond acceptors (Lipinski definition) is 4. The fourth-order valence-electron chi connectivity index (χ4n) is 2.35. The first-order valence-electron chi connectivity index (χ1n) is 7.31. The van der Waals surface area contributed by atoms with Crippen molar-refractivity contribution in [3.8, 4) is 11.1 Å². The molecule has 0 aliphatic carbocycles. The van der Waals surface area contributed by atoms with E-state index in [1.54, 1.807) is 0 Å². The van der Waals surface area contributed by atoms with Gasteiger partial charge < -0.3 is 0 Å². The SMILES string of the molecule is Cc1c(I)c(I)c(I)c(I)c1-c1c(Cl)nc2n(c1=NC(C)C(F)(F)F)N=IN2. The molecule has 0 radical (unpaired) electrons. The molecule has 28 heavy (non-hydrogen) atoms. The van der Waals surface area contributed by atoms with Crippen molar-refractivity contribution in [1.82, 2.24) is 9.66 Å². The summed E-state index contributed by atoms with van der Waals surface area (Å²) in [5.74, 6) is 0.317. The fraction of sp³-hybridized carbons (Fsp3) is 0.286. The lowest BCUT2D eigenvalue weighted by atomic mass is 10.0. The van der Waals surface area contributed by atoms with E-state index in [0.717, 1.165) is 32.3 Å². The van der Waals surface area contributed by atoms with Crippen LogP contribution in [0.1, 0.15) is 12.5 Å². The molecule has 3 rings (SSSR count). The smallest absolute Gasteiger partial charge is 0.286 e. The molecule has 2 aromatic rings. The number of halogens is 9. The third kappa shape index (κ3) is 4.48. The van der Waals surface area contributed by atoms with Crippen molar-refractivity contribution in [3.05, 3.63) is 30.5 Å². The van der Waals surface area contributed by atoms with Gasteiger partial charge in [-0.2, -0.15) is 22.8 Å². The number of benzene rings is 1. The van der Waals surface area contributed by atoms with Crippen molar-refractivity contribution >= 4 is 129 Å². The van der Waals surface area contributed by atoms with Gasteiger partial charge in [-0.15, -0.1) is 3.25 Å². The summed E-state index contributed by atoms with van der Waals surface area (Å²) in [5, 5.41) is 0.0989. The standard InChI is InChI=1S/C14H8ClF3I5N5/c1-3-5(8(20)10(22)9(21)7(3)19)6-11(15)25-13-26-23-27-28(13)12(6)24-4(2)14(16,17)18/h4H,1-2H3,(H,25,26,27). The normalized spacial score (nSPS) is 15.3. The van der Waals surface area contributed by atoms with Crippen LogP contribution in [0.5, 0.6) is 0 Å². The van der Waals surface area contributed by atoms with E-state index in [1.165, 1.54) is 4.68 Å². The van der Waals surface area contributed by atoms with Crippen molar-refractivity contribution in [1.29, 1.82) is 0 Å². The quantitative estimate of drug-likeness (QED) is 0.116. The van der Waals surface area contributed by atoms with E-state index in [-0.39, 0.29) is 10.6 Å². The van der Waals surface area contributed by atoms with E-state index >= 15 is 0 Å². The maximum Gasteiger partial charge on any atom is 0.410 e. The number of nitrogens with one attached hydrogen (secondary N) is 1. The Bertz CT molecular complexity index is 1050. The Morgan fingerprint density at radius 2 is 1.71 bits per heavy atom. The molecule has 0 amide bonds. The molecule has 1 aromatic heterocycles. The van der Waals surface area contributed by atoms with Crippen LogP contribution in [0.4, 0.5) is 19.1 Å². The first kappa shape index (κ1) is 24.1. The van der Waals surface area contributed by atoms with Crippen molar-refractivity contribution < 1.29 is 13.2 Å². The van der Waals surface area contributed by atoms with Crippen molar-refractivity contribution in [2.24, 2.45) is 8.25 Å². The predicted octanol–water partition coefficient (Wildman–Crippen LogP) is 7.04. The molecule has 0 bridgehead atoms. The Kier molecular flexibility index (Phi) is 7.84. The molecule has 1 aliphatic rings. The molecule has 0 fully saturated rings. The molecule has 1 unspecified atom stereocenters. The van der Waals surface area contributed by atoms with Gasteiger partial charge in [0.1, 0.15) is 32.5 Å². The molecular weight excluding hydrogens is 965 g/mol. The molecule has 1 aliphatic heterocycles. The molecule has 1 atom stereocenters. The van der Waals surface area contributed by atoms with E-state index in [0.29, 0.717) is 11.5 Å². The molecule has 0 spiro atoms. The largest absolute Gasteiger partial charge is 0.410 e. The summed E-state index contributed by atoms with van der Waals surface area (Å²) < 4.78 is 52.4. The zero-order valence-electron chi connectivity index (χ0n) is 13.8. The molecule has 5 nitrogen and oxygen atoms in total. The number of rotatable bonds is 2. The van der Waals surface area contributed by atoms with Gasteiger partial charge in [-0.3, -0.25) is 8.52 Å². The predicted molar refractivity (Wildman–Crippen MR) is 145 cm³/mol. The average Bonchev–Trinajstić information content (AvgIpc) is 3.07. The topological polar surface area (TPSA) is 54.6 Å². The number of alkyl halides is 3. The number of fused-ring (bicyclic) bond motifs is 1. The second-order valence-corrected chi connectivity index (χ2v) is 11.7. The Morgan fingerprint density at radius 1 is 1.11 bits per heavy atom. The second kappa shape index (κ2) is 9.12. The molecule has 1 N–H and O–H groups in total. The maximum absolute atomic E-state index is 13.3. The summed E-state index contributed by atoms with van der Waals surface area (Å²) in [7, 11) is 0. The van der Waals surface area contributed by atoms with Gasteiger partial charge in [0.05, 0.1) is 5.56 Å². The summed E-state index contributed by atoms with van der Waals surface area (Å²) in [4.78, 5) is 8.31. The van der Waals surface area contributed by atoms with Crippen LogP contribution in [-0.4, -0.2) is 21.9 Å². The second-order valence-electron chi connectivity index (χ2n) is 5.59. The monoisotopic (exact) mass is 973 g/mol. The molecule has 1 aromatic carbocycles. The lowest BCUT2D eigenvalue weighted by Crippen LogP contribution is -2.30. The van der Waals surface area contributed by atoms with Gasteiger partial charge in [-0.25, -0.2) is 0 Å². The number of aromatic nitrogens is 2. The van der Waals surface area contributed by atoms with Gasteiger partial charge in [0.2, 0.25) is 5.95 Å².